The van der Waals surface area contributed by atoms with Crippen LogP contribution >= 0.6 is 0 Å². The molecule has 0 spiro atoms. The van der Waals surface area contributed by atoms with E-state index >= 15 is 0 Å². The van der Waals surface area contributed by atoms with Crippen molar-refractivity contribution in [2.24, 2.45) is 5.92 Å². The van der Waals surface area contributed by atoms with E-state index in [0.717, 1.165) is 25.2 Å². The molecular weight excluding hydrogens is 381 g/mol. The molecule has 6 nitrogen and oxygen atoms in total. The van der Waals surface area contributed by atoms with Crippen molar-refractivity contribution in [3.8, 4) is 0 Å². The van der Waals surface area contributed by atoms with Crippen molar-refractivity contribution in [3.63, 3.8) is 0 Å². The third-order valence-electron chi connectivity index (χ3n) is 4.76. The number of sulfonamides is 1. The van der Waals surface area contributed by atoms with Gasteiger partial charge in [0.05, 0.1) is 4.90 Å². The Hall–Kier alpha value is -2.45. The standard InChI is InChI=1S/C20H24FN3O3S/c21-17-6-8-18(9-7-17)24-13-11-16(15-24)14-22-20(25)10-12-23-28(26,27)19-4-2-1-3-5-19/h1-9,16,23H,10-15H2,(H,22,25). The minimum Gasteiger partial charge on any atom is -0.371 e. The number of hydrogen-bond acceptors (Lipinski definition) is 4. The molecule has 0 aromatic heterocycles. The monoisotopic (exact) mass is 405 g/mol. The van der Waals surface area contributed by atoms with Crippen LogP contribution in [0.2, 0.25) is 0 Å². The Labute approximate surface area is 164 Å². The molecule has 0 radical (unpaired) electrons. The van der Waals surface area contributed by atoms with Crippen LogP contribution in [-0.2, 0) is 14.8 Å². The van der Waals surface area contributed by atoms with Crippen LogP contribution in [0, 0.1) is 11.7 Å². The van der Waals surface area contributed by atoms with E-state index < -0.39 is 10.0 Å². The number of carbonyl (C=O) groups is 1. The molecule has 1 fully saturated rings. The summed E-state index contributed by atoms with van der Waals surface area (Å²) in [4.78, 5) is 14.4. The first kappa shape index (κ1) is 20.3. The molecule has 150 valence electrons. The van der Waals surface area contributed by atoms with Gasteiger partial charge in [0.1, 0.15) is 5.82 Å². The molecule has 1 unspecified atom stereocenters. The lowest BCUT2D eigenvalue weighted by atomic mass is 10.1. The second-order valence-electron chi connectivity index (χ2n) is 6.84. The summed E-state index contributed by atoms with van der Waals surface area (Å²) in [6.07, 6.45) is 1.03. The molecule has 3 rings (SSSR count). The number of halogens is 1. The molecule has 1 aliphatic rings. The van der Waals surface area contributed by atoms with Crippen LogP contribution in [0.15, 0.2) is 59.5 Å². The van der Waals surface area contributed by atoms with Crippen molar-refractivity contribution in [1.82, 2.24) is 10.0 Å². The van der Waals surface area contributed by atoms with Crippen molar-refractivity contribution in [3.05, 3.63) is 60.4 Å². The molecule has 1 aliphatic heterocycles. The first-order valence-electron chi connectivity index (χ1n) is 9.26. The SMILES string of the molecule is O=C(CCNS(=O)(=O)c1ccccc1)NCC1CCN(c2ccc(F)cc2)C1. The number of anilines is 1. The summed E-state index contributed by atoms with van der Waals surface area (Å²) in [7, 11) is -3.59. The number of benzene rings is 2. The zero-order valence-electron chi connectivity index (χ0n) is 15.5. The van der Waals surface area contributed by atoms with E-state index in [1.165, 1.54) is 24.3 Å². The average Bonchev–Trinajstić information content (AvgIpc) is 3.16. The lowest BCUT2D eigenvalue weighted by Gasteiger charge is -2.18. The second-order valence-corrected chi connectivity index (χ2v) is 8.61. The van der Waals surface area contributed by atoms with Gasteiger partial charge in [-0.1, -0.05) is 18.2 Å². The lowest BCUT2D eigenvalue weighted by molar-refractivity contribution is -0.121. The zero-order valence-corrected chi connectivity index (χ0v) is 16.3. The first-order valence-corrected chi connectivity index (χ1v) is 10.7. The van der Waals surface area contributed by atoms with E-state index in [1.54, 1.807) is 30.3 Å². The number of carbonyl (C=O) groups excluding carboxylic acids is 1. The molecule has 1 heterocycles. The van der Waals surface area contributed by atoms with Crippen LogP contribution in [0.25, 0.3) is 0 Å². The van der Waals surface area contributed by atoms with Crippen molar-refractivity contribution in [1.29, 1.82) is 0 Å². The van der Waals surface area contributed by atoms with E-state index in [4.69, 9.17) is 0 Å². The molecule has 28 heavy (non-hydrogen) atoms. The molecule has 0 aliphatic carbocycles. The number of nitrogens with zero attached hydrogens (tertiary/aromatic N) is 1. The Morgan fingerprint density at radius 1 is 1.11 bits per heavy atom. The number of rotatable bonds is 8. The van der Waals surface area contributed by atoms with Gasteiger partial charge in [-0.2, -0.15) is 0 Å². The van der Waals surface area contributed by atoms with Crippen molar-refractivity contribution < 1.29 is 17.6 Å². The third-order valence-corrected chi connectivity index (χ3v) is 6.24. The fraction of sp³-hybridized carbons (Fsp3) is 0.350. The average molecular weight is 405 g/mol. The summed E-state index contributed by atoms with van der Waals surface area (Å²) in [5, 5.41) is 2.87. The van der Waals surface area contributed by atoms with Crippen LogP contribution in [0.5, 0.6) is 0 Å². The quantitative estimate of drug-likeness (QED) is 0.705. The van der Waals surface area contributed by atoms with Gasteiger partial charge in [-0.3, -0.25) is 4.79 Å². The van der Waals surface area contributed by atoms with E-state index in [0.29, 0.717) is 12.5 Å². The highest BCUT2D eigenvalue weighted by Gasteiger charge is 2.23. The fourth-order valence-corrected chi connectivity index (χ4v) is 4.27. The predicted octanol–water partition coefficient (Wildman–Crippen LogP) is 2.14. The van der Waals surface area contributed by atoms with Gasteiger partial charge in [0.15, 0.2) is 0 Å². The molecule has 0 bridgehead atoms. The van der Waals surface area contributed by atoms with Crippen LogP contribution in [0.1, 0.15) is 12.8 Å². The lowest BCUT2D eigenvalue weighted by Crippen LogP contribution is -2.34. The van der Waals surface area contributed by atoms with Gasteiger partial charge in [-0.05, 0) is 48.7 Å². The summed E-state index contributed by atoms with van der Waals surface area (Å²) in [6, 6.07) is 14.5. The molecule has 1 amide bonds. The maximum Gasteiger partial charge on any atom is 0.240 e. The Bertz CT molecular complexity index is 889. The maximum atomic E-state index is 13.0. The Kier molecular flexibility index (Phi) is 6.64. The highest BCUT2D eigenvalue weighted by molar-refractivity contribution is 7.89. The molecule has 8 heteroatoms. The Morgan fingerprint density at radius 3 is 2.54 bits per heavy atom. The van der Waals surface area contributed by atoms with Crippen molar-refractivity contribution in [2.75, 3.05) is 31.1 Å². The topological polar surface area (TPSA) is 78.5 Å². The first-order chi connectivity index (χ1) is 13.4. The van der Waals surface area contributed by atoms with E-state index in [2.05, 4.69) is 14.9 Å². The van der Waals surface area contributed by atoms with Gasteiger partial charge >= 0.3 is 0 Å². The smallest absolute Gasteiger partial charge is 0.240 e. The summed E-state index contributed by atoms with van der Waals surface area (Å²) in [5.41, 5.74) is 0.977. The van der Waals surface area contributed by atoms with Gasteiger partial charge < -0.3 is 10.2 Å². The second kappa shape index (κ2) is 9.16. The van der Waals surface area contributed by atoms with Crippen LogP contribution in [-0.4, -0.2) is 40.5 Å². The summed E-state index contributed by atoms with van der Waals surface area (Å²) < 4.78 is 39.7. The predicted molar refractivity (Wildman–Crippen MR) is 106 cm³/mol. The summed E-state index contributed by atoms with van der Waals surface area (Å²) in [6.45, 7) is 2.26. The van der Waals surface area contributed by atoms with Crippen LogP contribution in [0.3, 0.4) is 0 Å². The fourth-order valence-electron chi connectivity index (χ4n) is 3.21. The number of hydrogen-bond donors (Lipinski definition) is 2. The molecule has 2 N–H and O–H groups in total. The third kappa shape index (κ3) is 5.53. The number of nitrogens with one attached hydrogen (secondary N) is 2. The van der Waals surface area contributed by atoms with E-state index in [9.17, 15) is 17.6 Å². The van der Waals surface area contributed by atoms with E-state index in [-0.39, 0.29) is 29.6 Å². The largest absolute Gasteiger partial charge is 0.371 e. The highest BCUT2D eigenvalue weighted by atomic mass is 32.2. The Balaban J connectivity index is 1.37. The van der Waals surface area contributed by atoms with Gasteiger partial charge in [0.25, 0.3) is 0 Å². The van der Waals surface area contributed by atoms with Crippen molar-refractivity contribution >= 4 is 21.6 Å². The van der Waals surface area contributed by atoms with Crippen molar-refractivity contribution in [2.45, 2.75) is 17.7 Å². The molecular formula is C20H24FN3O3S. The number of amides is 1. The molecule has 1 saturated heterocycles. The van der Waals surface area contributed by atoms with Crippen LogP contribution < -0.4 is 14.9 Å². The molecule has 0 saturated carbocycles. The normalized spacial score (nSPS) is 16.9. The Morgan fingerprint density at radius 2 is 1.82 bits per heavy atom. The van der Waals surface area contributed by atoms with Gasteiger partial charge in [-0.15, -0.1) is 0 Å². The van der Waals surface area contributed by atoms with Gasteiger partial charge in [0, 0.05) is 38.3 Å². The summed E-state index contributed by atoms with van der Waals surface area (Å²) >= 11 is 0. The van der Waals surface area contributed by atoms with Gasteiger partial charge in [0.2, 0.25) is 15.9 Å². The summed E-state index contributed by atoms with van der Waals surface area (Å²) in [5.74, 6) is -0.124. The molecule has 2 aromatic carbocycles. The van der Waals surface area contributed by atoms with E-state index in [1.807, 2.05) is 0 Å². The molecule has 2 aromatic rings. The minimum absolute atomic E-state index is 0.0510. The van der Waals surface area contributed by atoms with Gasteiger partial charge in [-0.25, -0.2) is 17.5 Å². The maximum absolute atomic E-state index is 13.0. The van der Waals surface area contributed by atoms with Crippen LogP contribution in [0.4, 0.5) is 10.1 Å². The zero-order chi connectivity index (χ0) is 20.0. The molecule has 1 atom stereocenters. The highest BCUT2D eigenvalue weighted by Crippen LogP contribution is 2.23. The minimum atomic E-state index is -3.59.